The summed E-state index contributed by atoms with van der Waals surface area (Å²) in [6, 6.07) is 18.2. The lowest BCUT2D eigenvalue weighted by Gasteiger charge is -2.14. The van der Waals surface area contributed by atoms with Crippen LogP contribution in [0.2, 0.25) is 0 Å². The van der Waals surface area contributed by atoms with Crippen molar-refractivity contribution >= 4 is 21.9 Å². The molecular formula is C26H22FN3O4. The Morgan fingerprint density at radius 2 is 1.47 bits per heavy atom. The summed E-state index contributed by atoms with van der Waals surface area (Å²) in [6.07, 6.45) is 0. The topological polar surface area (TPSA) is 67.4 Å². The summed E-state index contributed by atoms with van der Waals surface area (Å²) in [5.41, 5.74) is 1.88. The van der Waals surface area contributed by atoms with E-state index in [9.17, 15) is 14.0 Å². The standard InChI is InChI=1S/C26H22FN3O4/c1-28-22-13-12-20(34-3)14-21(22)23-24(28)25(31)30(18-8-10-19(33-2)11-9-18)26(32)29(23)15-16-4-6-17(27)7-5-16/h4-14H,15H2,1-3H3. The van der Waals surface area contributed by atoms with Gasteiger partial charge in [0.15, 0.2) is 0 Å². The summed E-state index contributed by atoms with van der Waals surface area (Å²) in [5.74, 6) is 0.862. The van der Waals surface area contributed by atoms with Crippen molar-refractivity contribution in [3.8, 4) is 17.2 Å². The van der Waals surface area contributed by atoms with Gasteiger partial charge in [-0.15, -0.1) is 0 Å². The predicted molar refractivity (Wildman–Crippen MR) is 129 cm³/mol. The quantitative estimate of drug-likeness (QED) is 0.401. The molecule has 7 nitrogen and oxygen atoms in total. The van der Waals surface area contributed by atoms with Crippen LogP contribution in [0.5, 0.6) is 11.5 Å². The van der Waals surface area contributed by atoms with Crippen LogP contribution in [0.15, 0.2) is 76.3 Å². The minimum Gasteiger partial charge on any atom is -0.497 e. The van der Waals surface area contributed by atoms with Crippen molar-refractivity contribution in [2.45, 2.75) is 6.54 Å². The highest BCUT2D eigenvalue weighted by atomic mass is 19.1. The van der Waals surface area contributed by atoms with E-state index in [1.807, 2.05) is 18.2 Å². The smallest absolute Gasteiger partial charge is 0.336 e. The van der Waals surface area contributed by atoms with Gasteiger partial charge in [-0.2, -0.15) is 0 Å². The third-order valence-corrected chi connectivity index (χ3v) is 6.06. The van der Waals surface area contributed by atoms with Crippen molar-refractivity contribution in [2.24, 2.45) is 7.05 Å². The molecular weight excluding hydrogens is 437 g/mol. The zero-order chi connectivity index (χ0) is 24.0. The Morgan fingerprint density at radius 1 is 0.824 bits per heavy atom. The van der Waals surface area contributed by atoms with Crippen molar-refractivity contribution in [3.63, 3.8) is 0 Å². The van der Waals surface area contributed by atoms with Gasteiger partial charge in [-0.3, -0.25) is 9.36 Å². The molecule has 5 aromatic rings. The molecule has 0 radical (unpaired) electrons. The van der Waals surface area contributed by atoms with Gasteiger partial charge in [0.1, 0.15) is 22.8 Å². The largest absolute Gasteiger partial charge is 0.497 e. The minimum atomic E-state index is -0.498. The summed E-state index contributed by atoms with van der Waals surface area (Å²) < 4.78 is 28.6. The second kappa shape index (κ2) is 8.22. The number of ether oxygens (including phenoxy) is 2. The van der Waals surface area contributed by atoms with Crippen LogP contribution in [0.25, 0.3) is 27.6 Å². The lowest BCUT2D eigenvalue weighted by molar-refractivity contribution is 0.414. The van der Waals surface area contributed by atoms with Gasteiger partial charge in [0.05, 0.1) is 37.5 Å². The van der Waals surface area contributed by atoms with Crippen molar-refractivity contribution < 1.29 is 13.9 Å². The molecule has 0 bridgehead atoms. The number of halogens is 1. The molecule has 0 saturated heterocycles. The number of nitrogens with zero attached hydrogens (tertiary/aromatic N) is 3. The molecule has 0 saturated carbocycles. The number of rotatable bonds is 5. The average molecular weight is 459 g/mol. The lowest BCUT2D eigenvalue weighted by atomic mass is 10.2. The SMILES string of the molecule is COc1ccc(-n2c(=O)c3c(c4cc(OC)ccc4n3C)n(Cc3ccc(F)cc3)c2=O)cc1. The molecule has 3 aromatic carbocycles. The zero-order valence-corrected chi connectivity index (χ0v) is 18.9. The second-order valence-corrected chi connectivity index (χ2v) is 7.97. The first-order valence-corrected chi connectivity index (χ1v) is 10.6. The molecule has 0 fully saturated rings. The fourth-order valence-electron chi connectivity index (χ4n) is 4.34. The van der Waals surface area contributed by atoms with Gasteiger partial charge in [-0.05, 0) is 60.2 Å². The Bertz CT molecular complexity index is 1650. The maximum Gasteiger partial charge on any atom is 0.336 e. The molecule has 8 heteroatoms. The van der Waals surface area contributed by atoms with Crippen molar-refractivity contribution in [1.82, 2.24) is 13.7 Å². The first-order valence-electron chi connectivity index (χ1n) is 10.6. The Hall–Kier alpha value is -4.33. The van der Waals surface area contributed by atoms with Crippen LogP contribution in [0.1, 0.15) is 5.56 Å². The third kappa shape index (κ3) is 3.35. The number of benzene rings is 3. The van der Waals surface area contributed by atoms with Gasteiger partial charge in [-0.1, -0.05) is 12.1 Å². The average Bonchev–Trinajstić information content (AvgIpc) is 3.15. The molecule has 0 spiro atoms. The van der Waals surface area contributed by atoms with Crippen LogP contribution in [0.3, 0.4) is 0 Å². The van der Waals surface area contributed by atoms with Crippen LogP contribution >= 0.6 is 0 Å². The van der Waals surface area contributed by atoms with E-state index >= 15 is 0 Å². The molecule has 0 aliphatic carbocycles. The van der Waals surface area contributed by atoms with Gasteiger partial charge < -0.3 is 14.0 Å². The van der Waals surface area contributed by atoms with E-state index in [1.165, 1.54) is 12.1 Å². The fraction of sp³-hybridized carbons (Fsp3) is 0.154. The van der Waals surface area contributed by atoms with E-state index in [4.69, 9.17) is 9.47 Å². The number of fused-ring (bicyclic) bond motifs is 3. The Balaban J connectivity index is 1.89. The minimum absolute atomic E-state index is 0.155. The van der Waals surface area contributed by atoms with Gasteiger partial charge in [-0.25, -0.2) is 13.8 Å². The monoisotopic (exact) mass is 459 g/mol. The Morgan fingerprint density at radius 3 is 2.12 bits per heavy atom. The van der Waals surface area contributed by atoms with Crippen molar-refractivity contribution in [2.75, 3.05) is 14.2 Å². The first-order chi connectivity index (χ1) is 16.4. The molecule has 0 amide bonds. The molecule has 2 heterocycles. The Kier molecular flexibility index (Phi) is 5.20. The van der Waals surface area contributed by atoms with E-state index in [1.54, 1.807) is 66.8 Å². The third-order valence-electron chi connectivity index (χ3n) is 6.06. The summed E-state index contributed by atoms with van der Waals surface area (Å²) in [7, 11) is 4.91. The summed E-state index contributed by atoms with van der Waals surface area (Å²) in [4.78, 5) is 27.5. The number of aryl methyl sites for hydroxylation is 1. The molecule has 0 aliphatic heterocycles. The molecule has 34 heavy (non-hydrogen) atoms. The van der Waals surface area contributed by atoms with E-state index in [-0.39, 0.29) is 12.4 Å². The second-order valence-electron chi connectivity index (χ2n) is 7.97. The van der Waals surface area contributed by atoms with E-state index in [2.05, 4.69) is 0 Å². The zero-order valence-electron chi connectivity index (χ0n) is 18.9. The van der Waals surface area contributed by atoms with Gasteiger partial charge in [0.2, 0.25) is 0 Å². The maximum atomic E-state index is 13.8. The van der Waals surface area contributed by atoms with Crippen LogP contribution in [-0.2, 0) is 13.6 Å². The number of hydrogen-bond donors (Lipinski definition) is 0. The highest BCUT2D eigenvalue weighted by molar-refractivity contribution is 6.06. The molecule has 0 atom stereocenters. The van der Waals surface area contributed by atoms with Crippen LogP contribution in [-0.4, -0.2) is 27.9 Å². The van der Waals surface area contributed by atoms with E-state index in [0.717, 1.165) is 21.0 Å². The summed E-state index contributed by atoms with van der Waals surface area (Å²) in [5, 5.41) is 0.718. The van der Waals surface area contributed by atoms with E-state index < -0.39 is 11.2 Å². The fourth-order valence-corrected chi connectivity index (χ4v) is 4.34. The van der Waals surface area contributed by atoms with Crippen LogP contribution in [0, 0.1) is 5.82 Å². The van der Waals surface area contributed by atoms with Crippen LogP contribution < -0.4 is 20.7 Å². The number of aromatic nitrogens is 3. The van der Waals surface area contributed by atoms with Gasteiger partial charge in [0.25, 0.3) is 5.56 Å². The molecule has 0 unspecified atom stereocenters. The summed E-state index contributed by atoms with van der Waals surface area (Å²) in [6.45, 7) is 0.155. The van der Waals surface area contributed by atoms with E-state index in [0.29, 0.717) is 28.2 Å². The molecule has 2 aromatic heterocycles. The number of hydrogen-bond acceptors (Lipinski definition) is 4. The molecule has 0 N–H and O–H groups in total. The van der Waals surface area contributed by atoms with Gasteiger partial charge >= 0.3 is 5.69 Å². The van der Waals surface area contributed by atoms with Crippen molar-refractivity contribution in [3.05, 3.63) is 98.9 Å². The first kappa shape index (κ1) is 21.5. The lowest BCUT2D eigenvalue weighted by Crippen LogP contribution is -2.39. The Labute approximate surface area is 193 Å². The molecule has 0 aliphatic rings. The van der Waals surface area contributed by atoms with Crippen LogP contribution in [0.4, 0.5) is 4.39 Å². The van der Waals surface area contributed by atoms with Crippen molar-refractivity contribution in [1.29, 1.82) is 0 Å². The van der Waals surface area contributed by atoms with Gasteiger partial charge in [0, 0.05) is 12.4 Å². The maximum absolute atomic E-state index is 13.8. The predicted octanol–water partition coefficient (Wildman–Crippen LogP) is 3.85. The normalized spacial score (nSPS) is 11.3. The number of methoxy groups -OCH3 is 2. The molecule has 5 rings (SSSR count). The summed E-state index contributed by atoms with van der Waals surface area (Å²) >= 11 is 0. The molecule has 172 valence electrons. The highest BCUT2D eigenvalue weighted by Crippen LogP contribution is 2.29. The highest BCUT2D eigenvalue weighted by Gasteiger charge is 2.22.